The van der Waals surface area contributed by atoms with Crippen LogP contribution in [0.15, 0.2) is 41.8 Å². The van der Waals surface area contributed by atoms with Gasteiger partial charge in [0.1, 0.15) is 0 Å². The van der Waals surface area contributed by atoms with Gasteiger partial charge in [-0.1, -0.05) is 12.1 Å². The third-order valence-corrected chi connectivity index (χ3v) is 5.80. The van der Waals surface area contributed by atoms with Gasteiger partial charge in [-0.05, 0) is 68.4 Å². The molecule has 1 unspecified atom stereocenters. The number of carbonyl (C=O) groups is 2. The summed E-state index contributed by atoms with van der Waals surface area (Å²) in [6, 6.07) is 11.4. The van der Waals surface area contributed by atoms with Crippen LogP contribution in [0.5, 0.6) is 0 Å². The molecule has 0 radical (unpaired) electrons. The Morgan fingerprint density at radius 2 is 2.15 bits per heavy atom. The minimum absolute atomic E-state index is 0.00795. The van der Waals surface area contributed by atoms with Crippen molar-refractivity contribution < 1.29 is 9.59 Å². The molecule has 5 nitrogen and oxygen atoms in total. The van der Waals surface area contributed by atoms with Crippen LogP contribution in [-0.2, 0) is 11.2 Å². The van der Waals surface area contributed by atoms with E-state index in [2.05, 4.69) is 22.1 Å². The minimum Gasteiger partial charge on any atom is -0.338 e. The summed E-state index contributed by atoms with van der Waals surface area (Å²) >= 11 is 1.72. The van der Waals surface area contributed by atoms with Crippen molar-refractivity contribution in [2.45, 2.75) is 25.7 Å². The van der Waals surface area contributed by atoms with Crippen LogP contribution < -0.4 is 10.6 Å². The number of rotatable bonds is 8. The van der Waals surface area contributed by atoms with Crippen LogP contribution in [0.4, 0.5) is 5.69 Å². The zero-order valence-corrected chi connectivity index (χ0v) is 16.6. The van der Waals surface area contributed by atoms with E-state index in [4.69, 9.17) is 0 Å². The maximum Gasteiger partial charge on any atom is 0.253 e. The fraction of sp³-hybridized carbons (Fsp3) is 0.429. The number of benzene rings is 1. The smallest absolute Gasteiger partial charge is 0.253 e. The van der Waals surface area contributed by atoms with Crippen LogP contribution in [-0.4, -0.2) is 43.4 Å². The molecule has 0 aliphatic carbocycles. The van der Waals surface area contributed by atoms with Crippen molar-refractivity contribution >= 4 is 28.8 Å². The largest absolute Gasteiger partial charge is 0.338 e. The number of thiophene rings is 1. The monoisotopic (exact) mass is 385 g/mol. The van der Waals surface area contributed by atoms with E-state index in [0.717, 1.165) is 38.9 Å². The number of hydrogen-bond acceptors (Lipinski definition) is 4. The SMILES string of the molecule is CNCC1CCN(C(=O)c2cccc(NC(=O)CCCc3cccs3)c2)C1. The van der Waals surface area contributed by atoms with Crippen molar-refractivity contribution in [2.24, 2.45) is 5.92 Å². The summed E-state index contributed by atoms with van der Waals surface area (Å²) in [5, 5.41) is 8.16. The first-order valence-electron chi connectivity index (χ1n) is 9.52. The molecule has 1 fully saturated rings. The molecule has 1 saturated heterocycles. The number of carbonyl (C=O) groups excluding carboxylic acids is 2. The highest BCUT2D eigenvalue weighted by molar-refractivity contribution is 7.09. The summed E-state index contributed by atoms with van der Waals surface area (Å²) in [7, 11) is 1.94. The van der Waals surface area contributed by atoms with Crippen LogP contribution in [0.1, 0.15) is 34.5 Å². The van der Waals surface area contributed by atoms with Gasteiger partial charge in [-0.15, -0.1) is 11.3 Å². The van der Waals surface area contributed by atoms with Gasteiger partial charge in [-0.3, -0.25) is 9.59 Å². The summed E-state index contributed by atoms with van der Waals surface area (Å²) in [5.41, 5.74) is 1.32. The number of hydrogen-bond donors (Lipinski definition) is 2. The number of nitrogens with one attached hydrogen (secondary N) is 2. The van der Waals surface area contributed by atoms with Crippen LogP contribution >= 0.6 is 11.3 Å². The maximum absolute atomic E-state index is 12.7. The number of aryl methyl sites for hydroxylation is 1. The van der Waals surface area contributed by atoms with Gasteiger partial charge >= 0.3 is 0 Å². The minimum atomic E-state index is -0.00795. The standard InChI is InChI=1S/C21H27N3O2S/c1-22-14-16-10-11-24(15-16)21(26)17-5-2-6-18(13-17)23-20(25)9-3-7-19-8-4-12-27-19/h2,4-6,8,12-13,16,22H,3,7,9-11,14-15H2,1H3,(H,23,25). The van der Waals surface area contributed by atoms with Crippen LogP contribution in [0, 0.1) is 5.92 Å². The molecule has 27 heavy (non-hydrogen) atoms. The van der Waals surface area contributed by atoms with E-state index in [1.165, 1.54) is 4.88 Å². The molecule has 0 spiro atoms. The Labute approximate surface area is 164 Å². The molecular formula is C21H27N3O2S. The number of amides is 2. The van der Waals surface area contributed by atoms with E-state index >= 15 is 0 Å². The summed E-state index contributed by atoms with van der Waals surface area (Å²) in [4.78, 5) is 28.1. The molecule has 2 heterocycles. The highest BCUT2D eigenvalue weighted by Crippen LogP contribution is 2.20. The van der Waals surface area contributed by atoms with Crippen molar-refractivity contribution in [3.8, 4) is 0 Å². The molecule has 1 aromatic heterocycles. The van der Waals surface area contributed by atoms with Gasteiger partial charge in [0, 0.05) is 35.6 Å². The van der Waals surface area contributed by atoms with E-state index in [-0.39, 0.29) is 11.8 Å². The highest BCUT2D eigenvalue weighted by Gasteiger charge is 2.26. The Hall–Kier alpha value is -2.18. The quantitative estimate of drug-likeness (QED) is 0.732. The maximum atomic E-state index is 12.7. The Kier molecular flexibility index (Phi) is 7.01. The van der Waals surface area contributed by atoms with E-state index in [0.29, 0.717) is 23.6 Å². The average Bonchev–Trinajstić information content (AvgIpc) is 3.34. The lowest BCUT2D eigenvalue weighted by Gasteiger charge is -2.17. The lowest BCUT2D eigenvalue weighted by atomic mass is 10.1. The topological polar surface area (TPSA) is 61.4 Å². The molecule has 1 aromatic carbocycles. The summed E-state index contributed by atoms with van der Waals surface area (Å²) in [5.74, 6) is 0.555. The Bertz CT molecular complexity index is 761. The van der Waals surface area contributed by atoms with Gasteiger partial charge in [0.15, 0.2) is 0 Å². The van der Waals surface area contributed by atoms with Crippen molar-refractivity contribution in [3.63, 3.8) is 0 Å². The predicted octanol–water partition coefficient (Wildman–Crippen LogP) is 3.39. The Morgan fingerprint density at radius 1 is 1.26 bits per heavy atom. The third kappa shape index (κ3) is 5.65. The number of anilines is 1. The zero-order chi connectivity index (χ0) is 19.1. The second-order valence-corrected chi connectivity index (χ2v) is 8.06. The fourth-order valence-corrected chi connectivity index (χ4v) is 4.24. The first kappa shape index (κ1) is 19.6. The fourth-order valence-electron chi connectivity index (χ4n) is 3.49. The molecule has 1 atom stereocenters. The molecule has 2 N–H and O–H groups in total. The lowest BCUT2D eigenvalue weighted by molar-refractivity contribution is -0.116. The van der Waals surface area contributed by atoms with Crippen LogP contribution in [0.2, 0.25) is 0 Å². The van der Waals surface area contributed by atoms with Gasteiger partial charge in [-0.2, -0.15) is 0 Å². The molecule has 0 bridgehead atoms. The van der Waals surface area contributed by atoms with Crippen molar-refractivity contribution in [2.75, 3.05) is 32.0 Å². The predicted molar refractivity (Wildman–Crippen MR) is 110 cm³/mol. The molecule has 0 saturated carbocycles. The third-order valence-electron chi connectivity index (χ3n) is 4.87. The second kappa shape index (κ2) is 9.67. The van der Waals surface area contributed by atoms with E-state index < -0.39 is 0 Å². The van der Waals surface area contributed by atoms with Crippen LogP contribution in [0.25, 0.3) is 0 Å². The number of nitrogens with zero attached hydrogens (tertiary/aromatic N) is 1. The van der Waals surface area contributed by atoms with Crippen LogP contribution in [0.3, 0.4) is 0 Å². The Morgan fingerprint density at radius 3 is 2.93 bits per heavy atom. The molecule has 1 aliphatic rings. The first-order chi connectivity index (χ1) is 13.2. The Balaban J connectivity index is 1.50. The van der Waals surface area contributed by atoms with Gasteiger partial charge in [0.05, 0.1) is 0 Å². The molecule has 3 rings (SSSR count). The summed E-state index contributed by atoms with van der Waals surface area (Å²) in [6.07, 6.45) is 3.26. The van der Waals surface area contributed by atoms with Gasteiger partial charge in [0.2, 0.25) is 5.91 Å². The van der Waals surface area contributed by atoms with Crippen molar-refractivity contribution in [1.29, 1.82) is 0 Å². The molecule has 1 aliphatic heterocycles. The van der Waals surface area contributed by atoms with Crippen molar-refractivity contribution in [1.82, 2.24) is 10.2 Å². The second-order valence-electron chi connectivity index (χ2n) is 7.03. The van der Waals surface area contributed by atoms with Gasteiger partial charge < -0.3 is 15.5 Å². The summed E-state index contributed by atoms with van der Waals surface area (Å²) < 4.78 is 0. The van der Waals surface area contributed by atoms with Crippen molar-refractivity contribution in [3.05, 3.63) is 52.2 Å². The van der Waals surface area contributed by atoms with Gasteiger partial charge in [-0.25, -0.2) is 0 Å². The number of likely N-dealkylation sites (tertiary alicyclic amines) is 1. The molecule has 2 amide bonds. The summed E-state index contributed by atoms with van der Waals surface area (Å²) in [6.45, 7) is 2.52. The average molecular weight is 386 g/mol. The lowest BCUT2D eigenvalue weighted by Crippen LogP contribution is -2.30. The first-order valence-corrected chi connectivity index (χ1v) is 10.4. The normalized spacial score (nSPS) is 16.5. The van der Waals surface area contributed by atoms with E-state index in [1.54, 1.807) is 17.4 Å². The van der Waals surface area contributed by atoms with E-state index in [1.807, 2.05) is 36.2 Å². The molecule has 144 valence electrons. The zero-order valence-electron chi connectivity index (χ0n) is 15.7. The van der Waals surface area contributed by atoms with E-state index in [9.17, 15) is 9.59 Å². The molecule has 6 heteroatoms. The van der Waals surface area contributed by atoms with Gasteiger partial charge in [0.25, 0.3) is 5.91 Å². The molecule has 2 aromatic rings. The highest BCUT2D eigenvalue weighted by atomic mass is 32.1. The molecular weight excluding hydrogens is 358 g/mol.